The van der Waals surface area contributed by atoms with E-state index in [1.165, 1.54) is 82.1 Å². The van der Waals surface area contributed by atoms with E-state index in [-0.39, 0.29) is 0 Å². The lowest BCUT2D eigenvalue weighted by Gasteiger charge is -2.42. The van der Waals surface area contributed by atoms with Gasteiger partial charge in [0.1, 0.15) is 22.7 Å². The third-order valence-electron chi connectivity index (χ3n) is 16.3. The zero-order valence-electron chi connectivity index (χ0n) is 38.2. The first-order valence-corrected chi connectivity index (χ1v) is 25.5. The van der Waals surface area contributed by atoms with E-state index in [4.69, 9.17) is 9.15 Å². The van der Waals surface area contributed by atoms with Crippen molar-refractivity contribution in [2.24, 2.45) is 0 Å². The van der Waals surface area contributed by atoms with Crippen molar-refractivity contribution in [3.63, 3.8) is 0 Å². The summed E-state index contributed by atoms with van der Waals surface area (Å²) >= 11 is 1.96. The molecule has 0 saturated carbocycles. The number of furan rings is 1. The van der Waals surface area contributed by atoms with Gasteiger partial charge < -0.3 is 14.1 Å². The van der Waals surface area contributed by atoms with E-state index < -0.39 is 10.8 Å². The molecule has 2 aliphatic heterocycles. The van der Waals surface area contributed by atoms with E-state index in [0.29, 0.717) is 0 Å². The Morgan fingerprint density at radius 2 is 1.10 bits per heavy atom. The number of ether oxygens (including phenoxy) is 1. The molecule has 4 heteroatoms. The van der Waals surface area contributed by atoms with Gasteiger partial charge in [-0.15, -0.1) is 0 Å². The number of hydrogen-bond acceptors (Lipinski definition) is 4. The molecule has 16 rings (SSSR count). The zero-order valence-corrected chi connectivity index (χ0v) is 39.0. The summed E-state index contributed by atoms with van der Waals surface area (Å²) in [4.78, 5) is 5.28. The number of fused-ring (bicyclic) bond motifs is 21. The molecule has 9 aromatic carbocycles. The molecule has 0 bridgehead atoms. The number of nitrogens with zero attached hydrogens (tertiary/aromatic N) is 1. The number of para-hydroxylation sites is 2. The first kappa shape index (κ1) is 38.9. The molecule has 0 N–H and O–H groups in total. The van der Waals surface area contributed by atoms with Crippen LogP contribution in [0.2, 0.25) is 0 Å². The van der Waals surface area contributed by atoms with Gasteiger partial charge in [-0.05, 0) is 164 Å². The van der Waals surface area contributed by atoms with Crippen LogP contribution in [-0.4, -0.2) is 0 Å². The summed E-state index contributed by atoms with van der Waals surface area (Å²) in [6, 6.07) is 70.4. The smallest absolute Gasteiger partial charge is 0.137 e. The Hall–Kier alpha value is -8.05. The fourth-order valence-corrected chi connectivity index (χ4v) is 14.8. The molecule has 0 amide bonds. The molecule has 70 heavy (non-hydrogen) atoms. The van der Waals surface area contributed by atoms with Crippen molar-refractivity contribution in [3.8, 4) is 33.8 Å². The van der Waals surface area contributed by atoms with Crippen LogP contribution < -0.4 is 9.64 Å². The monoisotopic (exact) mass is 913 g/mol. The maximum Gasteiger partial charge on any atom is 0.137 e. The van der Waals surface area contributed by atoms with Gasteiger partial charge in [0.25, 0.3) is 0 Å². The normalized spacial score (nSPS) is 17.8. The van der Waals surface area contributed by atoms with Crippen molar-refractivity contribution in [3.05, 3.63) is 267 Å². The number of aryl methyl sites for hydroxylation is 1. The van der Waals surface area contributed by atoms with Crippen molar-refractivity contribution in [1.29, 1.82) is 0 Å². The zero-order chi connectivity index (χ0) is 45.7. The summed E-state index contributed by atoms with van der Waals surface area (Å²) in [5, 5.41) is 2.18. The second-order valence-electron chi connectivity index (χ2n) is 19.6. The van der Waals surface area contributed by atoms with E-state index in [9.17, 15) is 0 Å². The molecule has 0 fully saturated rings. The summed E-state index contributed by atoms with van der Waals surface area (Å²) in [5.41, 5.74) is 22.1. The SMILES string of the molecule is C1=CC2=C(CC1)Sc1ccc(N(c3ccc4c(c3)C3(c5ccccc5O4)c4ccccc4-c4cc5c(cc43)CCC=C5)c3cccc4oc5ccccc5c34)cc1C21c2ccccc2-c2ccccc21. The number of anilines is 3. The maximum atomic E-state index is 7.06. The van der Waals surface area contributed by atoms with Crippen LogP contribution in [0, 0.1) is 0 Å². The molecule has 330 valence electrons. The number of allylic oxidation sites excluding steroid dienone is 5. The Morgan fingerprint density at radius 3 is 1.93 bits per heavy atom. The van der Waals surface area contributed by atoms with Gasteiger partial charge in [-0.25, -0.2) is 0 Å². The Balaban J connectivity index is 0.998. The molecule has 1 aromatic heterocycles. The molecule has 10 aromatic rings. The number of hydrogen-bond donors (Lipinski definition) is 0. The van der Waals surface area contributed by atoms with Crippen molar-refractivity contribution in [1.82, 2.24) is 0 Å². The van der Waals surface area contributed by atoms with E-state index in [0.717, 1.165) is 81.7 Å². The summed E-state index contributed by atoms with van der Waals surface area (Å²) in [7, 11) is 0. The Bertz CT molecular complexity index is 4010. The Morgan fingerprint density at radius 1 is 0.457 bits per heavy atom. The van der Waals surface area contributed by atoms with E-state index in [1.54, 1.807) is 0 Å². The molecular weight excluding hydrogens is 871 g/mol. The minimum absolute atomic E-state index is 0.487. The highest BCUT2D eigenvalue weighted by Gasteiger charge is 2.53. The number of benzene rings is 9. The van der Waals surface area contributed by atoms with Crippen LogP contribution in [0.5, 0.6) is 11.5 Å². The van der Waals surface area contributed by atoms with Crippen LogP contribution in [0.4, 0.5) is 17.1 Å². The summed E-state index contributed by atoms with van der Waals surface area (Å²) in [5.74, 6) is 1.77. The van der Waals surface area contributed by atoms with Gasteiger partial charge >= 0.3 is 0 Å². The minimum atomic E-state index is -0.633. The van der Waals surface area contributed by atoms with Crippen LogP contribution in [0.3, 0.4) is 0 Å². The first-order valence-electron chi connectivity index (χ1n) is 24.7. The fourth-order valence-electron chi connectivity index (χ4n) is 13.5. The highest BCUT2D eigenvalue weighted by atomic mass is 32.2. The number of thioether (sulfide) groups is 1. The molecule has 3 heterocycles. The van der Waals surface area contributed by atoms with Gasteiger partial charge in [0.15, 0.2) is 0 Å². The van der Waals surface area contributed by atoms with Crippen LogP contribution in [0.25, 0.3) is 50.3 Å². The van der Waals surface area contributed by atoms with Crippen molar-refractivity contribution < 1.29 is 9.15 Å². The highest BCUT2D eigenvalue weighted by Crippen LogP contribution is 2.66. The van der Waals surface area contributed by atoms with E-state index in [1.807, 2.05) is 11.8 Å². The van der Waals surface area contributed by atoms with Crippen molar-refractivity contribution in [2.45, 2.75) is 41.4 Å². The topological polar surface area (TPSA) is 25.6 Å². The lowest BCUT2D eigenvalue weighted by molar-refractivity contribution is 0.436. The third-order valence-corrected chi connectivity index (χ3v) is 17.5. The lowest BCUT2D eigenvalue weighted by Crippen LogP contribution is -2.33. The minimum Gasteiger partial charge on any atom is -0.457 e. The van der Waals surface area contributed by atoms with Crippen LogP contribution in [-0.2, 0) is 17.3 Å². The fraction of sp³-hybridized carbons (Fsp3) is 0.0909. The summed E-state index contributed by atoms with van der Waals surface area (Å²) in [6.07, 6.45) is 13.6. The molecule has 3 nitrogen and oxygen atoms in total. The molecule has 4 aliphatic carbocycles. The van der Waals surface area contributed by atoms with Crippen molar-refractivity contribution >= 4 is 56.8 Å². The standard InChI is InChI=1S/C66H43NO2S/c1-2-17-41-37-54-48(36-40(41)16-1)46-20-5-9-24-51(46)66(54)52-25-10-13-29-59(52)69-60-34-32-42(38-55(60)66)67(57-27-15-30-61-64(57)47-21-6-12-28-58(47)68-61)43-33-35-63-56(39-43)65(53-26-11-14-31-62(53)70-63)49-22-7-3-18-44(49)45-19-4-8-23-50(45)65/h1,3-13,15-16,18-30,32-39H,2,14,17,31H2. The van der Waals surface area contributed by atoms with Gasteiger partial charge in [-0.2, -0.15) is 0 Å². The predicted octanol–water partition coefficient (Wildman–Crippen LogP) is 17.5. The first-order chi connectivity index (χ1) is 34.7. The average Bonchev–Trinajstić information content (AvgIpc) is 4.05. The maximum absolute atomic E-state index is 7.06. The summed E-state index contributed by atoms with van der Waals surface area (Å²) < 4.78 is 13.7. The quantitative estimate of drug-likeness (QED) is 0.176. The molecule has 2 spiro atoms. The van der Waals surface area contributed by atoms with E-state index >= 15 is 0 Å². The second-order valence-corrected chi connectivity index (χ2v) is 20.7. The molecule has 6 aliphatic rings. The van der Waals surface area contributed by atoms with Crippen LogP contribution in [0.15, 0.2) is 226 Å². The average molecular weight is 914 g/mol. The lowest BCUT2D eigenvalue weighted by atomic mass is 9.65. The van der Waals surface area contributed by atoms with Crippen molar-refractivity contribution in [2.75, 3.05) is 4.90 Å². The van der Waals surface area contributed by atoms with Gasteiger partial charge in [0.05, 0.1) is 21.9 Å². The summed E-state index contributed by atoms with van der Waals surface area (Å²) in [6.45, 7) is 0. The van der Waals surface area contributed by atoms with Gasteiger partial charge in [-0.1, -0.05) is 157 Å². The van der Waals surface area contributed by atoms with E-state index in [2.05, 4.69) is 217 Å². The molecule has 0 radical (unpaired) electrons. The van der Waals surface area contributed by atoms with Gasteiger partial charge in [-0.3, -0.25) is 0 Å². The Labute approximate surface area is 410 Å². The molecule has 1 unspecified atom stereocenters. The molecule has 0 saturated heterocycles. The Kier molecular flexibility index (Phi) is 7.92. The van der Waals surface area contributed by atoms with Crippen LogP contribution >= 0.6 is 11.8 Å². The third kappa shape index (κ3) is 4.96. The highest BCUT2D eigenvalue weighted by molar-refractivity contribution is 8.03. The predicted molar refractivity (Wildman–Crippen MR) is 286 cm³/mol. The van der Waals surface area contributed by atoms with Gasteiger partial charge in [0.2, 0.25) is 0 Å². The largest absolute Gasteiger partial charge is 0.457 e. The number of rotatable bonds is 3. The second kappa shape index (κ2) is 14.3. The van der Waals surface area contributed by atoms with Crippen LogP contribution in [0.1, 0.15) is 69.3 Å². The molecular formula is C66H43NO2S. The molecule has 1 atom stereocenters. The van der Waals surface area contributed by atoms with Gasteiger partial charge in [0, 0.05) is 32.8 Å².